The third-order valence-corrected chi connectivity index (χ3v) is 5.57. The Morgan fingerprint density at radius 3 is 2.93 bits per heavy atom. The highest BCUT2D eigenvalue weighted by Crippen LogP contribution is 2.37. The van der Waals surface area contributed by atoms with E-state index in [-0.39, 0.29) is 12.4 Å². The lowest BCUT2D eigenvalue weighted by Gasteiger charge is -2.17. The summed E-state index contributed by atoms with van der Waals surface area (Å²) in [5.41, 5.74) is 7.42. The fraction of sp³-hybridized carbons (Fsp3) is 0.400. The zero-order valence-corrected chi connectivity index (χ0v) is 18.2. The standard InChI is InChI=1S/C20H23BrFN5O3/c1-26(2)7-11-4-3-5-12(6-11)29-9-14-17(28)16(22)20(30-14)27-8-13(21)15-18(23)24-10-25-19(15)27/h3-6,8,10,14,16-17,20,28H,7,9H2,1-2H3,(H2,23,24,25)/t14-,16+,17-,20-/m1/s1. The van der Waals surface area contributed by atoms with Crippen LogP contribution < -0.4 is 10.5 Å². The van der Waals surface area contributed by atoms with Gasteiger partial charge in [0, 0.05) is 17.2 Å². The molecule has 3 aromatic rings. The first-order valence-electron chi connectivity index (χ1n) is 9.45. The van der Waals surface area contributed by atoms with Crippen LogP contribution in [0.5, 0.6) is 5.75 Å². The largest absolute Gasteiger partial charge is 0.491 e. The molecule has 4 atom stereocenters. The Bertz CT molecular complexity index is 1050. The Labute approximate surface area is 181 Å². The third kappa shape index (κ3) is 4.00. The van der Waals surface area contributed by atoms with Crippen molar-refractivity contribution in [3.63, 3.8) is 0 Å². The fourth-order valence-corrected chi connectivity index (χ4v) is 4.20. The van der Waals surface area contributed by atoms with Gasteiger partial charge in [0.2, 0.25) is 0 Å². The lowest BCUT2D eigenvalue weighted by atomic mass is 10.1. The summed E-state index contributed by atoms with van der Waals surface area (Å²) in [5, 5.41) is 11.0. The van der Waals surface area contributed by atoms with Gasteiger partial charge in [-0.1, -0.05) is 12.1 Å². The molecule has 0 bridgehead atoms. The summed E-state index contributed by atoms with van der Waals surface area (Å²) in [4.78, 5) is 10.2. The van der Waals surface area contributed by atoms with Gasteiger partial charge in [0.05, 0.1) is 5.39 Å². The van der Waals surface area contributed by atoms with E-state index in [2.05, 4.69) is 30.8 Å². The summed E-state index contributed by atoms with van der Waals surface area (Å²) in [7, 11) is 3.97. The van der Waals surface area contributed by atoms with E-state index in [1.807, 2.05) is 38.4 Å². The minimum Gasteiger partial charge on any atom is -0.491 e. The van der Waals surface area contributed by atoms with Crippen LogP contribution in [0.1, 0.15) is 11.8 Å². The van der Waals surface area contributed by atoms with Gasteiger partial charge in [0.15, 0.2) is 12.4 Å². The highest BCUT2D eigenvalue weighted by atomic mass is 79.9. The predicted molar refractivity (Wildman–Crippen MR) is 114 cm³/mol. The number of alkyl halides is 1. The number of aliphatic hydroxyl groups is 1. The van der Waals surface area contributed by atoms with Crippen molar-refractivity contribution in [3.05, 3.63) is 46.8 Å². The Hall–Kier alpha value is -2.27. The van der Waals surface area contributed by atoms with Crippen LogP contribution in [0, 0.1) is 0 Å². The number of hydrogen-bond acceptors (Lipinski definition) is 7. The molecule has 30 heavy (non-hydrogen) atoms. The van der Waals surface area contributed by atoms with E-state index in [1.165, 1.54) is 10.9 Å². The normalized spacial score (nSPS) is 24.1. The first-order chi connectivity index (χ1) is 14.3. The number of hydrogen-bond donors (Lipinski definition) is 2. The molecule has 8 nitrogen and oxygen atoms in total. The first-order valence-corrected chi connectivity index (χ1v) is 10.2. The maximum atomic E-state index is 14.9. The minimum atomic E-state index is -1.66. The fourth-order valence-electron chi connectivity index (χ4n) is 3.60. The number of ether oxygens (including phenoxy) is 2. The molecule has 3 N–H and O–H groups in total. The number of benzene rings is 1. The average molecular weight is 480 g/mol. The van der Waals surface area contributed by atoms with Crippen LogP contribution in [-0.2, 0) is 11.3 Å². The molecule has 1 saturated heterocycles. The van der Waals surface area contributed by atoms with Crippen LogP contribution in [0.15, 0.2) is 41.3 Å². The SMILES string of the molecule is CN(C)Cc1cccc(OC[C@H]2O[C@@H](n3cc(Br)c4c(N)ncnc43)[C@@H](F)[C@@H]2O)c1. The molecule has 3 heterocycles. The van der Waals surface area contributed by atoms with Crippen molar-refractivity contribution in [2.75, 3.05) is 26.4 Å². The van der Waals surface area contributed by atoms with E-state index in [1.54, 1.807) is 6.20 Å². The monoisotopic (exact) mass is 479 g/mol. The molecular weight excluding hydrogens is 457 g/mol. The second-order valence-electron chi connectivity index (χ2n) is 7.54. The lowest BCUT2D eigenvalue weighted by Crippen LogP contribution is -2.32. The molecule has 1 aliphatic heterocycles. The van der Waals surface area contributed by atoms with Crippen LogP contribution in [0.2, 0.25) is 0 Å². The molecule has 160 valence electrons. The van der Waals surface area contributed by atoms with Gasteiger partial charge in [-0.05, 0) is 47.7 Å². The van der Waals surface area contributed by atoms with Gasteiger partial charge < -0.3 is 29.8 Å². The highest BCUT2D eigenvalue weighted by Gasteiger charge is 2.46. The quantitative estimate of drug-likeness (QED) is 0.560. The average Bonchev–Trinajstić information content (AvgIpc) is 3.18. The van der Waals surface area contributed by atoms with Crippen LogP contribution in [0.4, 0.5) is 10.2 Å². The summed E-state index contributed by atoms with van der Waals surface area (Å²) in [6, 6.07) is 7.64. The molecular formula is C20H23BrFN5O3. The second-order valence-corrected chi connectivity index (χ2v) is 8.39. The van der Waals surface area contributed by atoms with E-state index in [0.717, 1.165) is 12.1 Å². The molecule has 4 rings (SSSR count). The Kier molecular flexibility index (Phi) is 5.92. The molecule has 0 spiro atoms. The third-order valence-electron chi connectivity index (χ3n) is 4.97. The van der Waals surface area contributed by atoms with E-state index in [4.69, 9.17) is 15.2 Å². The summed E-state index contributed by atoms with van der Waals surface area (Å²) < 4.78 is 28.7. The topological polar surface area (TPSA) is 98.7 Å². The molecule has 2 aromatic heterocycles. The van der Waals surface area contributed by atoms with Gasteiger partial charge in [-0.3, -0.25) is 0 Å². The number of nitrogen functional groups attached to an aromatic ring is 1. The van der Waals surface area contributed by atoms with Crippen molar-refractivity contribution < 1.29 is 19.0 Å². The number of fused-ring (bicyclic) bond motifs is 1. The van der Waals surface area contributed by atoms with E-state index < -0.39 is 24.6 Å². The van der Waals surface area contributed by atoms with Gasteiger partial charge in [-0.2, -0.15) is 0 Å². The van der Waals surface area contributed by atoms with Crippen molar-refractivity contribution in [1.29, 1.82) is 0 Å². The number of rotatable bonds is 6. The predicted octanol–water partition coefficient (Wildman–Crippen LogP) is 2.51. The van der Waals surface area contributed by atoms with Crippen molar-refractivity contribution in [2.24, 2.45) is 0 Å². The number of aliphatic hydroxyl groups excluding tert-OH is 1. The molecule has 1 aliphatic rings. The maximum absolute atomic E-state index is 14.9. The molecule has 0 saturated carbocycles. The Morgan fingerprint density at radius 2 is 2.17 bits per heavy atom. The molecule has 0 amide bonds. The van der Waals surface area contributed by atoms with Gasteiger partial charge >= 0.3 is 0 Å². The number of aromatic nitrogens is 3. The second kappa shape index (κ2) is 8.46. The van der Waals surface area contributed by atoms with Crippen molar-refractivity contribution in [3.8, 4) is 5.75 Å². The maximum Gasteiger partial charge on any atom is 0.173 e. The van der Waals surface area contributed by atoms with Crippen molar-refractivity contribution in [2.45, 2.75) is 31.2 Å². The van der Waals surface area contributed by atoms with Crippen molar-refractivity contribution >= 4 is 32.8 Å². The molecule has 0 unspecified atom stereocenters. The molecule has 1 fully saturated rings. The number of anilines is 1. The van der Waals surface area contributed by atoms with Crippen LogP contribution >= 0.6 is 15.9 Å². The van der Waals surface area contributed by atoms with Crippen LogP contribution in [-0.4, -0.2) is 63.6 Å². The molecule has 1 aromatic carbocycles. The Balaban J connectivity index is 1.50. The van der Waals surface area contributed by atoms with Crippen LogP contribution in [0.3, 0.4) is 0 Å². The highest BCUT2D eigenvalue weighted by molar-refractivity contribution is 9.10. The van der Waals surface area contributed by atoms with Crippen LogP contribution in [0.25, 0.3) is 11.0 Å². The Morgan fingerprint density at radius 1 is 1.37 bits per heavy atom. The summed E-state index contributed by atoms with van der Waals surface area (Å²) in [6.45, 7) is 0.788. The van der Waals surface area contributed by atoms with E-state index in [0.29, 0.717) is 21.3 Å². The summed E-state index contributed by atoms with van der Waals surface area (Å²) in [6.07, 6.45) is -1.95. The number of halogens is 2. The van der Waals surface area contributed by atoms with E-state index in [9.17, 15) is 9.50 Å². The smallest absolute Gasteiger partial charge is 0.173 e. The van der Waals surface area contributed by atoms with Crippen molar-refractivity contribution in [1.82, 2.24) is 19.4 Å². The van der Waals surface area contributed by atoms with E-state index >= 15 is 0 Å². The summed E-state index contributed by atoms with van der Waals surface area (Å²) >= 11 is 3.40. The molecule has 0 radical (unpaired) electrons. The van der Waals surface area contributed by atoms with Gasteiger partial charge in [0.1, 0.15) is 42.4 Å². The zero-order chi connectivity index (χ0) is 21.4. The number of nitrogens with two attached hydrogens (primary N) is 1. The number of nitrogens with zero attached hydrogens (tertiary/aromatic N) is 4. The van der Waals surface area contributed by atoms with Gasteiger partial charge in [-0.15, -0.1) is 0 Å². The first kappa shape index (κ1) is 21.0. The van der Waals surface area contributed by atoms with Gasteiger partial charge in [-0.25, -0.2) is 14.4 Å². The minimum absolute atomic E-state index is 0.0149. The molecule has 10 heteroatoms. The molecule has 0 aliphatic carbocycles. The summed E-state index contributed by atoms with van der Waals surface area (Å²) in [5.74, 6) is 0.913. The zero-order valence-electron chi connectivity index (χ0n) is 16.6. The lowest BCUT2D eigenvalue weighted by molar-refractivity contribution is -0.0411. The van der Waals surface area contributed by atoms with Gasteiger partial charge in [0.25, 0.3) is 0 Å².